The number of piperidine rings is 1. The van der Waals surface area contributed by atoms with Crippen molar-refractivity contribution in [1.29, 1.82) is 0 Å². The third kappa shape index (κ3) is 2.34. The van der Waals surface area contributed by atoms with Gasteiger partial charge >= 0.3 is 5.97 Å². The van der Waals surface area contributed by atoms with E-state index in [0.29, 0.717) is 25.2 Å². The number of aliphatic carboxylic acids is 1. The number of hydrogen-bond donors (Lipinski definition) is 1. The van der Waals surface area contributed by atoms with Gasteiger partial charge in [0.25, 0.3) is 5.91 Å². The number of carboxylic acids is 1. The Morgan fingerprint density at radius 2 is 2.21 bits per heavy atom. The van der Waals surface area contributed by atoms with E-state index in [0.717, 1.165) is 12.8 Å². The molecule has 0 aromatic carbocycles. The van der Waals surface area contributed by atoms with Crippen LogP contribution in [0.15, 0.2) is 12.3 Å². The molecule has 1 aliphatic heterocycles. The number of rotatable bonds is 3. The van der Waals surface area contributed by atoms with Crippen LogP contribution >= 0.6 is 0 Å². The number of nitrogens with zero attached hydrogens (tertiary/aromatic N) is 3. The number of carbonyl (C=O) groups excluding carboxylic acids is 1. The van der Waals surface area contributed by atoms with E-state index >= 15 is 0 Å². The molecule has 1 saturated heterocycles. The first-order valence-electron chi connectivity index (χ1n) is 6.58. The fraction of sp³-hybridized carbons (Fsp3) is 0.615. The Kier molecular flexibility index (Phi) is 3.59. The average Bonchev–Trinajstić information content (AvgIpc) is 2.87. The molecule has 1 amide bonds. The van der Waals surface area contributed by atoms with Crippen molar-refractivity contribution in [2.75, 3.05) is 6.54 Å². The van der Waals surface area contributed by atoms with E-state index in [1.165, 1.54) is 4.90 Å². The Hall–Kier alpha value is -1.85. The maximum atomic E-state index is 12.4. The molecule has 2 heterocycles. The van der Waals surface area contributed by atoms with Gasteiger partial charge in [-0.3, -0.25) is 9.48 Å². The Bertz CT molecular complexity index is 497. The van der Waals surface area contributed by atoms with Crippen molar-refractivity contribution in [3.8, 4) is 0 Å². The number of hydrogen-bond acceptors (Lipinski definition) is 3. The third-order valence-corrected chi connectivity index (χ3v) is 3.78. The minimum Gasteiger partial charge on any atom is -0.480 e. The van der Waals surface area contributed by atoms with Crippen molar-refractivity contribution in [3.05, 3.63) is 18.0 Å². The van der Waals surface area contributed by atoms with E-state index in [1.807, 2.05) is 6.92 Å². The van der Waals surface area contributed by atoms with Gasteiger partial charge in [-0.25, -0.2) is 4.79 Å². The van der Waals surface area contributed by atoms with Crippen LogP contribution in [-0.4, -0.2) is 43.7 Å². The maximum Gasteiger partial charge on any atom is 0.329 e. The van der Waals surface area contributed by atoms with Gasteiger partial charge in [0.2, 0.25) is 0 Å². The quantitative estimate of drug-likeness (QED) is 0.895. The Balaban J connectivity index is 2.27. The highest BCUT2D eigenvalue weighted by molar-refractivity contribution is 5.96. The summed E-state index contributed by atoms with van der Waals surface area (Å²) in [6.07, 6.45) is 3.89. The second kappa shape index (κ2) is 5.03. The Morgan fingerprint density at radius 3 is 2.79 bits per heavy atom. The van der Waals surface area contributed by atoms with Crippen LogP contribution in [-0.2, 0) is 11.3 Å². The fourth-order valence-corrected chi connectivity index (χ4v) is 2.46. The van der Waals surface area contributed by atoms with Crippen molar-refractivity contribution in [2.45, 2.75) is 45.2 Å². The number of carbonyl (C=O) groups is 2. The van der Waals surface area contributed by atoms with Gasteiger partial charge in [-0.2, -0.15) is 5.10 Å². The molecule has 1 aromatic rings. The molecule has 0 aliphatic carbocycles. The maximum absolute atomic E-state index is 12.4. The molecule has 0 saturated carbocycles. The molecule has 0 bridgehead atoms. The van der Waals surface area contributed by atoms with Crippen LogP contribution in [0.5, 0.6) is 0 Å². The second-order valence-corrected chi connectivity index (χ2v) is 5.05. The first-order valence-corrected chi connectivity index (χ1v) is 6.58. The largest absolute Gasteiger partial charge is 0.480 e. The number of aromatic nitrogens is 2. The van der Waals surface area contributed by atoms with Crippen molar-refractivity contribution >= 4 is 11.9 Å². The van der Waals surface area contributed by atoms with Gasteiger partial charge in [0.15, 0.2) is 0 Å². The standard InChI is InChI=1S/C13H19N3O3/c1-3-15-9-6-10(14-15)11(17)16-8-5-4-7-13(16,2)12(18)19/h6,9H,3-5,7-8H2,1-2H3,(H,18,19)/t13-/m1/s1. The lowest BCUT2D eigenvalue weighted by Crippen LogP contribution is -2.57. The summed E-state index contributed by atoms with van der Waals surface area (Å²) in [7, 11) is 0. The summed E-state index contributed by atoms with van der Waals surface area (Å²) in [5.41, 5.74) is -0.804. The van der Waals surface area contributed by atoms with E-state index < -0.39 is 11.5 Å². The van der Waals surface area contributed by atoms with Gasteiger partial charge in [0, 0.05) is 19.3 Å². The van der Waals surface area contributed by atoms with E-state index in [2.05, 4.69) is 5.10 Å². The molecule has 1 atom stereocenters. The molecule has 6 heteroatoms. The van der Waals surface area contributed by atoms with Gasteiger partial charge in [0.1, 0.15) is 11.2 Å². The highest BCUT2D eigenvalue weighted by Gasteiger charge is 2.44. The minimum absolute atomic E-state index is 0.295. The molecule has 6 nitrogen and oxygen atoms in total. The number of likely N-dealkylation sites (tertiary alicyclic amines) is 1. The molecule has 0 radical (unpaired) electrons. The second-order valence-electron chi connectivity index (χ2n) is 5.05. The smallest absolute Gasteiger partial charge is 0.329 e. The monoisotopic (exact) mass is 265 g/mol. The summed E-state index contributed by atoms with van der Waals surface area (Å²) in [5.74, 6) is -1.24. The van der Waals surface area contributed by atoms with Crippen LogP contribution in [0.1, 0.15) is 43.6 Å². The molecule has 1 fully saturated rings. The minimum atomic E-state index is -1.12. The molecule has 1 N–H and O–H groups in total. The SMILES string of the molecule is CCn1ccc(C(=O)N2CCCC[C@]2(C)C(=O)O)n1. The van der Waals surface area contributed by atoms with Gasteiger partial charge in [-0.05, 0) is 39.2 Å². The highest BCUT2D eigenvalue weighted by atomic mass is 16.4. The molecular formula is C13H19N3O3. The Labute approximate surface area is 112 Å². The molecule has 19 heavy (non-hydrogen) atoms. The van der Waals surface area contributed by atoms with Crippen LogP contribution in [0.3, 0.4) is 0 Å². The number of carboxylic acid groups (broad SMARTS) is 1. The van der Waals surface area contributed by atoms with Crippen molar-refractivity contribution < 1.29 is 14.7 Å². The van der Waals surface area contributed by atoms with E-state index in [9.17, 15) is 14.7 Å². The van der Waals surface area contributed by atoms with Crippen LogP contribution in [0.2, 0.25) is 0 Å². The van der Waals surface area contributed by atoms with Crippen molar-refractivity contribution in [1.82, 2.24) is 14.7 Å². The molecule has 0 unspecified atom stereocenters. The van der Waals surface area contributed by atoms with Gasteiger partial charge in [-0.1, -0.05) is 0 Å². The van der Waals surface area contributed by atoms with Crippen LogP contribution in [0, 0.1) is 0 Å². The summed E-state index contributed by atoms with van der Waals surface area (Å²) in [4.78, 5) is 25.3. The molecule has 2 rings (SSSR count). The van der Waals surface area contributed by atoms with E-state index in [1.54, 1.807) is 23.9 Å². The van der Waals surface area contributed by atoms with Crippen molar-refractivity contribution in [3.63, 3.8) is 0 Å². The highest BCUT2D eigenvalue weighted by Crippen LogP contribution is 2.29. The molecular weight excluding hydrogens is 246 g/mol. The zero-order valence-corrected chi connectivity index (χ0v) is 11.3. The van der Waals surface area contributed by atoms with Gasteiger partial charge < -0.3 is 10.0 Å². The van der Waals surface area contributed by atoms with Crippen LogP contribution in [0.25, 0.3) is 0 Å². The summed E-state index contributed by atoms with van der Waals surface area (Å²) in [6, 6.07) is 1.64. The van der Waals surface area contributed by atoms with E-state index in [4.69, 9.17) is 0 Å². The lowest BCUT2D eigenvalue weighted by molar-refractivity contribution is -0.150. The summed E-state index contributed by atoms with van der Waals surface area (Å²) in [5, 5.41) is 13.6. The average molecular weight is 265 g/mol. The molecule has 1 aromatic heterocycles. The predicted octanol–water partition coefficient (Wildman–Crippen LogP) is 1.37. The summed E-state index contributed by atoms with van der Waals surface area (Å²) < 4.78 is 1.66. The lowest BCUT2D eigenvalue weighted by Gasteiger charge is -2.41. The summed E-state index contributed by atoms with van der Waals surface area (Å²) in [6.45, 7) is 4.71. The first-order chi connectivity index (χ1) is 8.99. The van der Waals surface area contributed by atoms with Crippen molar-refractivity contribution in [2.24, 2.45) is 0 Å². The first kappa shape index (κ1) is 13.6. The van der Waals surface area contributed by atoms with Crippen LogP contribution in [0.4, 0.5) is 0 Å². The van der Waals surface area contributed by atoms with E-state index in [-0.39, 0.29) is 5.91 Å². The molecule has 104 valence electrons. The van der Waals surface area contributed by atoms with Crippen LogP contribution < -0.4 is 0 Å². The number of amides is 1. The number of aryl methyl sites for hydroxylation is 1. The van der Waals surface area contributed by atoms with Gasteiger partial charge in [-0.15, -0.1) is 0 Å². The fourth-order valence-electron chi connectivity index (χ4n) is 2.46. The zero-order valence-electron chi connectivity index (χ0n) is 11.3. The molecule has 1 aliphatic rings. The lowest BCUT2D eigenvalue weighted by atomic mass is 9.88. The molecule has 0 spiro atoms. The normalized spacial score (nSPS) is 23.4. The topological polar surface area (TPSA) is 75.4 Å². The summed E-state index contributed by atoms with van der Waals surface area (Å²) >= 11 is 0. The Morgan fingerprint density at radius 1 is 1.47 bits per heavy atom. The third-order valence-electron chi connectivity index (χ3n) is 3.78. The van der Waals surface area contributed by atoms with Gasteiger partial charge in [0.05, 0.1) is 0 Å². The zero-order chi connectivity index (χ0) is 14.0. The predicted molar refractivity (Wildman–Crippen MR) is 68.8 cm³/mol.